The zero-order valence-corrected chi connectivity index (χ0v) is 23.5. The Hall–Kier alpha value is -2.82. The van der Waals surface area contributed by atoms with E-state index in [4.69, 9.17) is 11.6 Å². The summed E-state index contributed by atoms with van der Waals surface area (Å²) in [7, 11) is -1.47. The predicted octanol–water partition coefficient (Wildman–Crippen LogP) is 2.57. The van der Waals surface area contributed by atoms with Crippen LogP contribution in [0.4, 0.5) is 11.4 Å². The third kappa shape index (κ3) is 7.39. The van der Waals surface area contributed by atoms with Gasteiger partial charge < -0.3 is 15.1 Å². The molecule has 1 unspecified atom stereocenters. The van der Waals surface area contributed by atoms with E-state index in [1.165, 1.54) is 0 Å². The van der Waals surface area contributed by atoms with Crippen molar-refractivity contribution < 1.29 is 18.0 Å². The first-order valence-electron chi connectivity index (χ1n) is 13.0. The molecule has 4 rings (SSSR count). The van der Waals surface area contributed by atoms with Gasteiger partial charge in [0, 0.05) is 37.6 Å². The Labute approximate surface area is 230 Å². The van der Waals surface area contributed by atoms with Crippen molar-refractivity contribution in [2.75, 3.05) is 55.6 Å². The van der Waals surface area contributed by atoms with Crippen molar-refractivity contribution >= 4 is 44.8 Å². The Morgan fingerprint density at radius 3 is 2.34 bits per heavy atom. The highest BCUT2D eigenvalue weighted by molar-refractivity contribution is 7.92. The molecule has 38 heavy (non-hydrogen) atoms. The molecule has 11 heteroatoms. The maximum atomic E-state index is 13.7. The van der Waals surface area contributed by atoms with Gasteiger partial charge in [-0.15, -0.1) is 0 Å². The van der Waals surface area contributed by atoms with Gasteiger partial charge in [-0.25, -0.2) is 8.42 Å². The number of rotatable bonds is 8. The summed E-state index contributed by atoms with van der Waals surface area (Å²) in [5.74, 6) is -0.229. The fourth-order valence-corrected chi connectivity index (χ4v) is 5.85. The minimum atomic E-state index is -3.42. The van der Waals surface area contributed by atoms with Crippen molar-refractivity contribution in [2.45, 2.75) is 37.8 Å². The molecule has 2 heterocycles. The highest BCUT2D eigenvalue weighted by Crippen LogP contribution is 2.27. The fourth-order valence-electron chi connectivity index (χ4n) is 5.15. The maximum Gasteiger partial charge on any atom is 0.245 e. The second-order valence-corrected chi connectivity index (χ2v) is 12.3. The number of anilines is 2. The number of piperidine rings is 1. The van der Waals surface area contributed by atoms with Gasteiger partial charge in [0.05, 0.1) is 23.7 Å². The van der Waals surface area contributed by atoms with Crippen molar-refractivity contribution in [3.8, 4) is 0 Å². The van der Waals surface area contributed by atoms with Crippen LogP contribution in [0.3, 0.4) is 0 Å². The quantitative estimate of drug-likeness (QED) is 0.514. The van der Waals surface area contributed by atoms with Crippen LogP contribution in [0.5, 0.6) is 0 Å². The molecule has 9 nitrogen and oxygen atoms in total. The van der Waals surface area contributed by atoms with Crippen LogP contribution in [0.2, 0.25) is 5.02 Å². The number of hydrogen-bond donors (Lipinski definition) is 2. The summed E-state index contributed by atoms with van der Waals surface area (Å²) in [6, 6.07) is 13.7. The van der Waals surface area contributed by atoms with Gasteiger partial charge in [-0.3, -0.25) is 19.2 Å². The number of para-hydroxylation sites is 2. The summed E-state index contributed by atoms with van der Waals surface area (Å²) in [4.78, 5) is 32.9. The molecule has 0 aliphatic carbocycles. The highest BCUT2D eigenvalue weighted by atomic mass is 35.5. The molecule has 0 saturated carbocycles. The minimum absolute atomic E-state index is 0.112. The lowest BCUT2D eigenvalue weighted by atomic mass is 10.00. The molecular weight excluding hydrogens is 526 g/mol. The second kappa shape index (κ2) is 12.4. The topological polar surface area (TPSA) is 102 Å². The summed E-state index contributed by atoms with van der Waals surface area (Å²) >= 11 is 6.05. The molecule has 2 aromatic rings. The summed E-state index contributed by atoms with van der Waals surface area (Å²) in [6.45, 7) is 2.87. The van der Waals surface area contributed by atoms with Gasteiger partial charge in [-0.2, -0.15) is 0 Å². The first-order chi connectivity index (χ1) is 18.1. The number of carbonyl (C=O) groups excluding carboxylic acids is 2. The van der Waals surface area contributed by atoms with Crippen LogP contribution in [0, 0.1) is 0 Å². The SMILES string of the molecule is CN1CCCCC1C(=O)N[C@H](Cc1ccc(Cl)cc1)C(=O)N1CCN(c2ccccc2NS(C)(=O)=O)CC1. The molecule has 2 atom stereocenters. The number of amides is 2. The number of benzene rings is 2. The van der Waals surface area contributed by atoms with E-state index in [1.54, 1.807) is 29.2 Å². The lowest BCUT2D eigenvalue weighted by molar-refractivity contribution is -0.138. The third-order valence-corrected chi connectivity index (χ3v) is 8.01. The average Bonchev–Trinajstić information content (AvgIpc) is 2.89. The van der Waals surface area contributed by atoms with Gasteiger partial charge in [0.1, 0.15) is 6.04 Å². The number of sulfonamides is 1. The van der Waals surface area contributed by atoms with E-state index < -0.39 is 16.1 Å². The molecule has 2 amide bonds. The molecule has 206 valence electrons. The highest BCUT2D eigenvalue weighted by Gasteiger charge is 2.33. The van der Waals surface area contributed by atoms with Gasteiger partial charge in [-0.1, -0.05) is 42.3 Å². The Kier molecular flexibility index (Phi) is 9.17. The first kappa shape index (κ1) is 28.2. The van der Waals surface area contributed by atoms with E-state index in [0.717, 1.165) is 43.3 Å². The number of halogens is 1. The first-order valence-corrected chi connectivity index (χ1v) is 15.2. The zero-order valence-electron chi connectivity index (χ0n) is 21.9. The van der Waals surface area contributed by atoms with Crippen molar-refractivity contribution in [2.24, 2.45) is 0 Å². The van der Waals surface area contributed by atoms with Crippen molar-refractivity contribution in [3.05, 3.63) is 59.1 Å². The van der Waals surface area contributed by atoms with Gasteiger partial charge >= 0.3 is 0 Å². The molecule has 0 aromatic heterocycles. The molecule has 2 aliphatic rings. The normalized spacial score (nSPS) is 19.6. The van der Waals surface area contributed by atoms with Crippen LogP contribution >= 0.6 is 11.6 Å². The summed E-state index contributed by atoms with van der Waals surface area (Å²) in [5.41, 5.74) is 2.21. The number of hydrogen-bond acceptors (Lipinski definition) is 6. The molecule has 0 spiro atoms. The van der Waals surface area contributed by atoms with Crippen LogP contribution in [0.25, 0.3) is 0 Å². The van der Waals surface area contributed by atoms with Crippen molar-refractivity contribution in [3.63, 3.8) is 0 Å². The van der Waals surface area contributed by atoms with Crippen LogP contribution in [0.15, 0.2) is 48.5 Å². The fraction of sp³-hybridized carbons (Fsp3) is 0.481. The number of likely N-dealkylation sites (N-methyl/N-ethyl adjacent to an activating group) is 1. The van der Waals surface area contributed by atoms with Gasteiger partial charge in [-0.05, 0) is 56.3 Å². The van der Waals surface area contributed by atoms with E-state index in [1.807, 2.05) is 31.3 Å². The lowest BCUT2D eigenvalue weighted by Gasteiger charge is -2.39. The Bertz CT molecular complexity index is 1230. The third-order valence-electron chi connectivity index (χ3n) is 7.17. The summed E-state index contributed by atoms with van der Waals surface area (Å²) in [6.07, 6.45) is 4.35. The van der Waals surface area contributed by atoms with E-state index in [-0.39, 0.29) is 17.9 Å². The van der Waals surface area contributed by atoms with E-state index in [0.29, 0.717) is 43.3 Å². The second-order valence-electron chi connectivity index (χ2n) is 10.1. The molecule has 2 aliphatic heterocycles. The largest absolute Gasteiger partial charge is 0.366 e. The number of piperazine rings is 1. The van der Waals surface area contributed by atoms with Crippen molar-refractivity contribution in [1.82, 2.24) is 15.1 Å². The smallest absolute Gasteiger partial charge is 0.245 e. The zero-order chi connectivity index (χ0) is 27.3. The minimum Gasteiger partial charge on any atom is -0.366 e. The van der Waals surface area contributed by atoms with Crippen LogP contribution in [0.1, 0.15) is 24.8 Å². The Balaban J connectivity index is 1.46. The monoisotopic (exact) mass is 561 g/mol. The van der Waals surface area contributed by atoms with Gasteiger partial charge in [0.25, 0.3) is 0 Å². The molecule has 2 N–H and O–H groups in total. The molecule has 0 bridgehead atoms. The number of carbonyl (C=O) groups is 2. The van der Waals surface area contributed by atoms with Crippen LogP contribution in [-0.2, 0) is 26.0 Å². The Morgan fingerprint density at radius 1 is 1.00 bits per heavy atom. The molecule has 0 radical (unpaired) electrons. The van der Waals surface area contributed by atoms with E-state index >= 15 is 0 Å². The number of nitrogens with zero attached hydrogens (tertiary/aromatic N) is 3. The molecule has 2 saturated heterocycles. The Morgan fingerprint density at radius 2 is 1.68 bits per heavy atom. The van der Waals surface area contributed by atoms with Gasteiger partial charge in [0.2, 0.25) is 21.8 Å². The van der Waals surface area contributed by atoms with Crippen molar-refractivity contribution in [1.29, 1.82) is 0 Å². The lowest BCUT2D eigenvalue weighted by Crippen LogP contribution is -2.58. The summed E-state index contributed by atoms with van der Waals surface area (Å²) in [5, 5.41) is 3.68. The number of likely N-dealkylation sites (tertiary alicyclic amines) is 1. The van der Waals surface area contributed by atoms with Crippen LogP contribution in [-0.4, -0.2) is 88.1 Å². The summed E-state index contributed by atoms with van der Waals surface area (Å²) < 4.78 is 26.2. The van der Waals surface area contributed by atoms with Gasteiger partial charge in [0.15, 0.2) is 0 Å². The van der Waals surface area contributed by atoms with E-state index in [9.17, 15) is 18.0 Å². The maximum absolute atomic E-state index is 13.7. The molecular formula is C27H36ClN5O4S. The average molecular weight is 562 g/mol. The predicted molar refractivity (Wildman–Crippen MR) is 151 cm³/mol. The van der Waals surface area contributed by atoms with Crippen LogP contribution < -0.4 is 14.9 Å². The molecule has 2 aromatic carbocycles. The standard InChI is InChI=1S/C27H36ClN5O4S/c1-31-14-6-5-9-25(31)26(34)29-23(19-20-10-12-21(28)13-11-20)27(35)33-17-15-32(16-18-33)24-8-4-3-7-22(24)30-38(2,36)37/h3-4,7-8,10-13,23,25,30H,5-6,9,14-19H2,1-2H3,(H,29,34)/t23-,25?/m1/s1. The molecule has 2 fully saturated rings. The van der Waals surface area contributed by atoms with E-state index in [2.05, 4.69) is 19.8 Å². The number of nitrogens with one attached hydrogen (secondary N) is 2.